The highest BCUT2D eigenvalue weighted by Crippen LogP contribution is 1.80. The monoisotopic (exact) mass is 147 g/mol. The lowest BCUT2D eigenvalue weighted by atomic mass is 10.7. The summed E-state index contributed by atoms with van der Waals surface area (Å²) in [6.07, 6.45) is -0.903. The van der Waals surface area contributed by atoms with Crippen molar-refractivity contribution in [3.63, 3.8) is 0 Å². The van der Waals surface area contributed by atoms with E-state index in [0.717, 1.165) is 6.04 Å². The van der Waals surface area contributed by atoms with Crippen molar-refractivity contribution >= 4 is 15.6 Å². The van der Waals surface area contributed by atoms with Crippen molar-refractivity contribution in [2.45, 2.75) is 19.0 Å². The molecule has 0 aliphatic rings. The van der Waals surface area contributed by atoms with Crippen LogP contribution in [0.3, 0.4) is 0 Å². The van der Waals surface area contributed by atoms with Gasteiger partial charge >= 0.3 is 6.09 Å². The fourth-order valence-corrected chi connectivity index (χ4v) is 1.50. The van der Waals surface area contributed by atoms with E-state index in [1.807, 2.05) is 0 Å². The molecule has 3 nitrogen and oxygen atoms in total. The predicted molar refractivity (Wildman–Crippen MR) is 39.9 cm³/mol. The van der Waals surface area contributed by atoms with Crippen molar-refractivity contribution in [3.05, 3.63) is 0 Å². The van der Waals surface area contributed by atoms with Gasteiger partial charge in [0.1, 0.15) is 0 Å². The highest BCUT2D eigenvalue weighted by molar-refractivity contribution is 6.35. The number of hydrogen-bond donors (Lipinski definition) is 2. The average Bonchev–Trinajstić information content (AvgIpc) is 1.80. The Morgan fingerprint density at radius 1 is 1.78 bits per heavy atom. The van der Waals surface area contributed by atoms with Crippen LogP contribution in [-0.2, 0) is 0 Å². The summed E-state index contributed by atoms with van der Waals surface area (Å²) in [5.41, 5.74) is 0. The molecule has 0 saturated carbocycles. The van der Waals surface area contributed by atoms with Gasteiger partial charge in [-0.2, -0.15) is 0 Å². The summed E-state index contributed by atoms with van der Waals surface area (Å²) in [5, 5.41) is 10.4. The molecule has 0 radical (unpaired) electrons. The summed E-state index contributed by atoms with van der Waals surface area (Å²) < 4.78 is 0. The summed E-state index contributed by atoms with van der Waals surface area (Å²) in [6, 6.07) is 2.35. The normalized spacial score (nSPS) is 10.3. The summed E-state index contributed by atoms with van der Waals surface area (Å²) in [4.78, 5) is 9.87. The lowest BCUT2D eigenvalue weighted by molar-refractivity contribution is 0.195. The van der Waals surface area contributed by atoms with Crippen molar-refractivity contribution in [2.24, 2.45) is 0 Å². The van der Waals surface area contributed by atoms with Gasteiger partial charge in [-0.05, 0) is 6.04 Å². The molecule has 0 spiro atoms. The van der Waals surface area contributed by atoms with Crippen LogP contribution in [-0.4, -0.2) is 27.3 Å². The number of carboxylic acid groups (broad SMARTS) is 1. The fourth-order valence-electron chi connectivity index (χ4n) is 0.570. The van der Waals surface area contributed by atoms with Gasteiger partial charge in [-0.3, -0.25) is 0 Å². The van der Waals surface area contributed by atoms with Crippen LogP contribution in [0.4, 0.5) is 4.79 Å². The molecule has 0 bridgehead atoms. The van der Waals surface area contributed by atoms with Gasteiger partial charge in [0.05, 0.1) is 0 Å². The minimum Gasteiger partial charge on any atom is -0.465 e. The van der Waals surface area contributed by atoms with Gasteiger partial charge in [-0.15, -0.1) is 0 Å². The van der Waals surface area contributed by atoms with Gasteiger partial charge in [-0.25, -0.2) is 4.79 Å². The quantitative estimate of drug-likeness (QED) is 0.443. The Kier molecular flexibility index (Phi) is 5.30. The summed E-state index contributed by atoms with van der Waals surface area (Å²) in [7, 11) is 0.0529. The van der Waals surface area contributed by atoms with Crippen LogP contribution in [0.1, 0.15) is 6.92 Å². The first kappa shape index (κ1) is 8.49. The second kappa shape index (κ2) is 5.62. The van der Waals surface area contributed by atoms with E-state index in [1.165, 1.54) is 6.04 Å². The Balaban J connectivity index is 2.83. The molecular formula is C5H13NO2Si. The number of amides is 1. The third kappa shape index (κ3) is 7.49. The first-order chi connectivity index (χ1) is 4.27. The van der Waals surface area contributed by atoms with Gasteiger partial charge in [0.2, 0.25) is 0 Å². The molecule has 0 rings (SSSR count). The topological polar surface area (TPSA) is 49.3 Å². The Hall–Kier alpha value is -0.513. The van der Waals surface area contributed by atoms with E-state index in [-0.39, 0.29) is 9.52 Å². The van der Waals surface area contributed by atoms with E-state index in [9.17, 15) is 4.79 Å². The van der Waals surface area contributed by atoms with Crippen LogP contribution >= 0.6 is 0 Å². The molecule has 0 aromatic carbocycles. The molecule has 2 N–H and O–H groups in total. The van der Waals surface area contributed by atoms with Crippen molar-refractivity contribution in [2.75, 3.05) is 6.54 Å². The molecule has 0 aliphatic heterocycles. The molecule has 4 heteroatoms. The van der Waals surface area contributed by atoms with Crippen LogP contribution in [0.15, 0.2) is 0 Å². The van der Waals surface area contributed by atoms with E-state index >= 15 is 0 Å². The Morgan fingerprint density at radius 2 is 2.44 bits per heavy atom. The zero-order valence-electron chi connectivity index (χ0n) is 5.68. The van der Waals surface area contributed by atoms with Gasteiger partial charge in [0.15, 0.2) is 0 Å². The lowest BCUT2D eigenvalue weighted by Crippen LogP contribution is -2.22. The van der Waals surface area contributed by atoms with Crippen LogP contribution in [0.25, 0.3) is 0 Å². The van der Waals surface area contributed by atoms with Gasteiger partial charge < -0.3 is 10.4 Å². The molecule has 0 atom stereocenters. The Bertz CT molecular complexity index is 87.0. The second-order valence-corrected chi connectivity index (χ2v) is 4.35. The summed E-state index contributed by atoms with van der Waals surface area (Å²) >= 11 is 0. The molecule has 0 saturated heterocycles. The molecule has 54 valence electrons. The van der Waals surface area contributed by atoms with Crippen LogP contribution in [0.5, 0.6) is 0 Å². The number of nitrogens with one attached hydrogen (secondary N) is 1. The SMILES string of the molecule is CC[SiH2]CCNC(=O)O. The second-order valence-electron chi connectivity index (χ2n) is 1.94. The zero-order valence-corrected chi connectivity index (χ0v) is 7.10. The Labute approximate surface area is 57.3 Å². The van der Waals surface area contributed by atoms with Gasteiger partial charge in [0.25, 0.3) is 0 Å². The van der Waals surface area contributed by atoms with Crippen molar-refractivity contribution in [1.29, 1.82) is 0 Å². The van der Waals surface area contributed by atoms with E-state index < -0.39 is 6.09 Å². The van der Waals surface area contributed by atoms with Crippen molar-refractivity contribution in [3.8, 4) is 0 Å². The summed E-state index contributed by atoms with van der Waals surface area (Å²) in [5.74, 6) is 0. The maximum absolute atomic E-state index is 9.87. The highest BCUT2D eigenvalue weighted by Gasteiger charge is 1.90. The standard InChI is InChI=1S/C5H13NO2Si/c1-2-9-4-3-6-5(7)8/h6H,2-4,9H2,1H3,(H,7,8). The van der Waals surface area contributed by atoms with Crippen LogP contribution in [0.2, 0.25) is 12.1 Å². The number of carbonyl (C=O) groups is 1. The maximum Gasteiger partial charge on any atom is 0.404 e. The first-order valence-corrected chi connectivity index (χ1v) is 5.24. The smallest absolute Gasteiger partial charge is 0.404 e. The number of rotatable bonds is 4. The van der Waals surface area contributed by atoms with E-state index in [0.29, 0.717) is 6.54 Å². The van der Waals surface area contributed by atoms with E-state index in [4.69, 9.17) is 5.11 Å². The average molecular weight is 147 g/mol. The molecule has 0 aromatic heterocycles. The maximum atomic E-state index is 9.87. The molecule has 1 amide bonds. The van der Waals surface area contributed by atoms with Gasteiger partial charge in [0, 0.05) is 16.1 Å². The number of hydrogen-bond acceptors (Lipinski definition) is 1. The zero-order chi connectivity index (χ0) is 7.11. The third-order valence-electron chi connectivity index (χ3n) is 1.06. The van der Waals surface area contributed by atoms with Crippen molar-refractivity contribution < 1.29 is 9.90 Å². The lowest BCUT2D eigenvalue weighted by Gasteiger charge is -1.96. The minimum absolute atomic E-state index is 0.0529. The third-order valence-corrected chi connectivity index (χ3v) is 2.62. The van der Waals surface area contributed by atoms with E-state index in [2.05, 4.69) is 12.2 Å². The molecule has 0 aromatic rings. The molecule has 0 unspecified atom stereocenters. The molecular weight excluding hydrogens is 134 g/mol. The van der Waals surface area contributed by atoms with E-state index in [1.54, 1.807) is 0 Å². The highest BCUT2D eigenvalue weighted by atomic mass is 28.2. The molecule has 0 fully saturated rings. The molecule has 0 aliphatic carbocycles. The molecule has 9 heavy (non-hydrogen) atoms. The van der Waals surface area contributed by atoms with Crippen LogP contribution < -0.4 is 5.32 Å². The molecule has 0 heterocycles. The minimum atomic E-state index is -0.903. The summed E-state index contributed by atoms with van der Waals surface area (Å²) in [6.45, 7) is 2.79. The largest absolute Gasteiger partial charge is 0.465 e. The van der Waals surface area contributed by atoms with Gasteiger partial charge in [-0.1, -0.05) is 13.0 Å². The Morgan fingerprint density at radius 3 is 2.89 bits per heavy atom. The predicted octanol–water partition coefficient (Wildman–Crippen LogP) is 0.279. The fraction of sp³-hybridized carbons (Fsp3) is 0.800. The first-order valence-electron chi connectivity index (χ1n) is 3.24. The van der Waals surface area contributed by atoms with Crippen LogP contribution in [0, 0.1) is 0 Å². The van der Waals surface area contributed by atoms with Crippen molar-refractivity contribution in [1.82, 2.24) is 5.32 Å².